The van der Waals surface area contributed by atoms with Crippen LogP contribution in [0.3, 0.4) is 0 Å². The van der Waals surface area contributed by atoms with Crippen molar-refractivity contribution in [2.75, 3.05) is 11.1 Å². The summed E-state index contributed by atoms with van der Waals surface area (Å²) in [5, 5.41) is 3.27. The van der Waals surface area contributed by atoms with Gasteiger partial charge < -0.3 is 15.5 Å². The highest BCUT2D eigenvalue weighted by Gasteiger charge is 2.20. The number of rotatable bonds is 3. The molecule has 0 saturated heterocycles. The van der Waals surface area contributed by atoms with Crippen LogP contribution in [-0.2, 0) is 12.0 Å². The summed E-state index contributed by atoms with van der Waals surface area (Å²) < 4.78 is 5.54. The molecule has 5 nitrogen and oxygen atoms in total. The number of nitrogens with one attached hydrogen (secondary N) is 1. The molecule has 2 aromatic heterocycles. The lowest BCUT2D eigenvalue weighted by atomic mass is 9.95. The fourth-order valence-corrected chi connectivity index (χ4v) is 1.79. The van der Waals surface area contributed by atoms with Crippen LogP contribution in [0.5, 0.6) is 0 Å². The van der Waals surface area contributed by atoms with E-state index in [2.05, 4.69) is 36.1 Å². The van der Waals surface area contributed by atoms with Gasteiger partial charge in [-0.15, -0.1) is 0 Å². The summed E-state index contributed by atoms with van der Waals surface area (Å²) in [6, 6.07) is 3.89. The van der Waals surface area contributed by atoms with Crippen LogP contribution in [0.25, 0.3) is 0 Å². The maximum Gasteiger partial charge on any atom is 0.138 e. The summed E-state index contributed by atoms with van der Waals surface area (Å²) in [6.07, 6.45) is 0. The van der Waals surface area contributed by atoms with E-state index in [-0.39, 0.29) is 5.41 Å². The van der Waals surface area contributed by atoms with E-state index in [9.17, 15) is 0 Å². The highest BCUT2D eigenvalue weighted by atomic mass is 16.3. The smallest absolute Gasteiger partial charge is 0.138 e. The average molecular weight is 274 g/mol. The molecule has 0 aromatic carbocycles. The lowest BCUT2D eigenvalue weighted by Crippen LogP contribution is -2.19. The normalized spacial score (nSPS) is 11.7. The van der Waals surface area contributed by atoms with Gasteiger partial charge in [0.25, 0.3) is 0 Å². The first-order valence-electron chi connectivity index (χ1n) is 6.71. The third kappa shape index (κ3) is 3.10. The van der Waals surface area contributed by atoms with E-state index in [0.29, 0.717) is 12.4 Å². The topological polar surface area (TPSA) is 77.0 Å². The number of anilines is 2. The van der Waals surface area contributed by atoms with E-state index in [4.69, 9.17) is 10.2 Å². The molecular formula is C15H22N4O. The number of nitrogens with two attached hydrogens (primary N) is 1. The summed E-state index contributed by atoms with van der Waals surface area (Å²) in [4.78, 5) is 8.95. The minimum absolute atomic E-state index is 0.139. The second kappa shape index (κ2) is 5.15. The standard InChI is InChI=1S/C15H22N4O/c1-9-6-7-11(20-9)8-17-13-10(2)12(16)18-14(19-13)15(3,4)5/h6-7H,8H2,1-5H3,(H3,16,17,18,19). The summed E-state index contributed by atoms with van der Waals surface area (Å²) in [5.74, 6) is 3.78. The minimum Gasteiger partial charge on any atom is -0.465 e. The molecule has 0 atom stereocenters. The van der Waals surface area contributed by atoms with Crippen LogP contribution < -0.4 is 11.1 Å². The molecule has 0 unspecified atom stereocenters. The zero-order valence-electron chi connectivity index (χ0n) is 12.7. The van der Waals surface area contributed by atoms with Gasteiger partial charge in [-0.1, -0.05) is 20.8 Å². The fraction of sp³-hybridized carbons (Fsp3) is 0.467. The van der Waals surface area contributed by atoms with Gasteiger partial charge in [0.1, 0.15) is 29.0 Å². The molecule has 0 saturated carbocycles. The largest absolute Gasteiger partial charge is 0.465 e. The van der Waals surface area contributed by atoms with Crippen molar-refractivity contribution in [2.24, 2.45) is 0 Å². The maximum atomic E-state index is 5.98. The van der Waals surface area contributed by atoms with Gasteiger partial charge in [-0.3, -0.25) is 0 Å². The van der Waals surface area contributed by atoms with Crippen LogP contribution in [0, 0.1) is 13.8 Å². The Bertz CT molecular complexity index is 611. The zero-order chi connectivity index (χ0) is 14.9. The molecule has 2 rings (SSSR count). The average Bonchev–Trinajstić information content (AvgIpc) is 2.75. The van der Waals surface area contributed by atoms with E-state index in [1.165, 1.54) is 0 Å². The van der Waals surface area contributed by atoms with Crippen molar-refractivity contribution in [2.45, 2.75) is 46.6 Å². The highest BCUT2D eigenvalue weighted by Crippen LogP contribution is 2.25. The predicted octanol–water partition coefficient (Wildman–Crippen LogP) is 3.18. The number of hydrogen-bond donors (Lipinski definition) is 2. The van der Waals surface area contributed by atoms with Crippen molar-refractivity contribution < 1.29 is 4.42 Å². The van der Waals surface area contributed by atoms with Gasteiger partial charge >= 0.3 is 0 Å². The molecule has 3 N–H and O–H groups in total. The van der Waals surface area contributed by atoms with Crippen molar-refractivity contribution >= 4 is 11.6 Å². The first kappa shape index (κ1) is 14.4. The van der Waals surface area contributed by atoms with Crippen LogP contribution in [0.15, 0.2) is 16.5 Å². The first-order valence-corrected chi connectivity index (χ1v) is 6.71. The van der Waals surface area contributed by atoms with Crippen LogP contribution in [0.2, 0.25) is 0 Å². The maximum absolute atomic E-state index is 5.98. The Morgan fingerprint density at radius 2 is 1.90 bits per heavy atom. The number of aromatic nitrogens is 2. The van der Waals surface area contributed by atoms with Crippen LogP contribution in [0.4, 0.5) is 11.6 Å². The summed E-state index contributed by atoms with van der Waals surface area (Å²) >= 11 is 0. The molecular weight excluding hydrogens is 252 g/mol. The molecule has 0 bridgehead atoms. The lowest BCUT2D eigenvalue weighted by Gasteiger charge is -2.19. The van der Waals surface area contributed by atoms with Gasteiger partial charge in [0.2, 0.25) is 0 Å². The SMILES string of the molecule is Cc1ccc(CNc2nc(C(C)(C)C)nc(N)c2C)o1. The predicted molar refractivity (Wildman–Crippen MR) is 80.7 cm³/mol. The van der Waals surface area contributed by atoms with Crippen molar-refractivity contribution in [1.82, 2.24) is 9.97 Å². The van der Waals surface area contributed by atoms with Gasteiger partial charge in [0, 0.05) is 11.0 Å². The van der Waals surface area contributed by atoms with E-state index >= 15 is 0 Å². The highest BCUT2D eigenvalue weighted by molar-refractivity contribution is 5.55. The van der Waals surface area contributed by atoms with Crippen molar-refractivity contribution in [3.63, 3.8) is 0 Å². The Morgan fingerprint density at radius 1 is 1.20 bits per heavy atom. The van der Waals surface area contributed by atoms with E-state index in [1.54, 1.807) is 0 Å². The number of nitrogen functional groups attached to an aromatic ring is 1. The number of nitrogens with zero attached hydrogens (tertiary/aromatic N) is 2. The van der Waals surface area contributed by atoms with Crippen LogP contribution >= 0.6 is 0 Å². The molecule has 0 aliphatic rings. The Kier molecular flexibility index (Phi) is 3.70. The van der Waals surface area contributed by atoms with Gasteiger partial charge in [-0.25, -0.2) is 9.97 Å². The Morgan fingerprint density at radius 3 is 2.45 bits per heavy atom. The number of hydrogen-bond acceptors (Lipinski definition) is 5. The Hall–Kier alpha value is -2.04. The zero-order valence-corrected chi connectivity index (χ0v) is 12.7. The van der Waals surface area contributed by atoms with E-state index in [1.807, 2.05) is 26.0 Å². The van der Waals surface area contributed by atoms with Gasteiger partial charge in [0.15, 0.2) is 0 Å². The number of furan rings is 1. The van der Waals surface area contributed by atoms with Crippen LogP contribution in [0.1, 0.15) is 43.7 Å². The second-order valence-corrected chi connectivity index (χ2v) is 6.02. The fourth-order valence-electron chi connectivity index (χ4n) is 1.79. The quantitative estimate of drug-likeness (QED) is 0.899. The third-order valence-electron chi connectivity index (χ3n) is 3.08. The van der Waals surface area contributed by atoms with Crippen molar-refractivity contribution in [3.8, 4) is 0 Å². The van der Waals surface area contributed by atoms with Gasteiger partial charge in [0.05, 0.1) is 6.54 Å². The molecule has 2 aromatic rings. The van der Waals surface area contributed by atoms with Gasteiger partial charge in [-0.05, 0) is 26.0 Å². The second-order valence-electron chi connectivity index (χ2n) is 6.02. The molecule has 2 heterocycles. The summed E-state index contributed by atoms with van der Waals surface area (Å²) in [7, 11) is 0. The first-order chi connectivity index (χ1) is 9.27. The molecule has 0 fully saturated rings. The van der Waals surface area contributed by atoms with Crippen molar-refractivity contribution in [3.05, 3.63) is 35.0 Å². The lowest BCUT2D eigenvalue weighted by molar-refractivity contribution is 0.490. The van der Waals surface area contributed by atoms with Crippen molar-refractivity contribution in [1.29, 1.82) is 0 Å². The van der Waals surface area contributed by atoms with E-state index in [0.717, 1.165) is 28.7 Å². The summed E-state index contributed by atoms with van der Waals surface area (Å²) in [6.45, 7) is 10.6. The summed E-state index contributed by atoms with van der Waals surface area (Å²) in [5.41, 5.74) is 6.70. The third-order valence-corrected chi connectivity index (χ3v) is 3.08. The monoisotopic (exact) mass is 274 g/mol. The Labute approximate surface area is 119 Å². The molecule has 0 aliphatic heterocycles. The molecule has 0 aliphatic carbocycles. The Balaban J connectivity index is 2.24. The molecule has 20 heavy (non-hydrogen) atoms. The van der Waals surface area contributed by atoms with Crippen LogP contribution in [-0.4, -0.2) is 9.97 Å². The molecule has 0 spiro atoms. The molecule has 0 amide bonds. The molecule has 108 valence electrons. The molecule has 5 heteroatoms. The van der Waals surface area contributed by atoms with E-state index < -0.39 is 0 Å². The molecule has 0 radical (unpaired) electrons. The minimum atomic E-state index is -0.139. The number of aryl methyl sites for hydroxylation is 1. The van der Waals surface area contributed by atoms with Gasteiger partial charge in [-0.2, -0.15) is 0 Å².